The molecule has 0 aliphatic rings. The van der Waals surface area contributed by atoms with Gasteiger partial charge >= 0.3 is 18.1 Å². The second-order valence-corrected chi connectivity index (χ2v) is 4.30. The summed E-state index contributed by atoms with van der Waals surface area (Å²) >= 11 is 0. The van der Waals surface area contributed by atoms with Gasteiger partial charge in [-0.05, 0) is 18.3 Å². The van der Waals surface area contributed by atoms with Crippen LogP contribution in [0.1, 0.15) is 26.7 Å². The minimum absolute atomic E-state index is 0.155. The lowest BCUT2D eigenvalue weighted by molar-refractivity contribution is -0.173. The van der Waals surface area contributed by atoms with Crippen LogP contribution in [0.15, 0.2) is 0 Å². The second-order valence-electron chi connectivity index (χ2n) is 4.30. The molecule has 1 atom stereocenters. The van der Waals surface area contributed by atoms with Gasteiger partial charge in [-0.15, -0.1) is 0 Å². The van der Waals surface area contributed by atoms with Crippen LogP contribution in [-0.4, -0.2) is 29.7 Å². The summed E-state index contributed by atoms with van der Waals surface area (Å²) in [5, 5.41) is 10.3. The largest absolute Gasteiger partial charge is 0.481 e. The van der Waals surface area contributed by atoms with Crippen LogP contribution in [0.2, 0.25) is 0 Å². The summed E-state index contributed by atoms with van der Waals surface area (Å²) in [7, 11) is 0. The molecule has 0 fully saturated rings. The third-order valence-corrected chi connectivity index (χ3v) is 2.08. The number of carboxylic acid groups (broad SMARTS) is 1. The SMILES string of the molecule is CC(C)C[C@H](CNC(=O)C(F)(F)F)CC(=O)O. The number of aliphatic carboxylic acids is 1. The van der Waals surface area contributed by atoms with E-state index in [4.69, 9.17) is 5.11 Å². The molecule has 0 spiro atoms. The molecule has 2 N–H and O–H groups in total. The second kappa shape index (κ2) is 6.46. The van der Waals surface area contributed by atoms with Crippen molar-refractivity contribution in [2.45, 2.75) is 32.9 Å². The van der Waals surface area contributed by atoms with Crippen molar-refractivity contribution in [2.75, 3.05) is 6.54 Å². The Morgan fingerprint density at radius 1 is 1.29 bits per heavy atom. The van der Waals surface area contributed by atoms with Gasteiger partial charge in [0.05, 0.1) is 0 Å². The summed E-state index contributed by atoms with van der Waals surface area (Å²) in [6, 6.07) is 0. The van der Waals surface area contributed by atoms with Crippen molar-refractivity contribution in [3.8, 4) is 0 Å². The van der Waals surface area contributed by atoms with E-state index in [9.17, 15) is 22.8 Å². The average Bonchev–Trinajstić information content (AvgIpc) is 2.10. The predicted octanol–water partition coefficient (Wildman–Crippen LogP) is 1.80. The summed E-state index contributed by atoms with van der Waals surface area (Å²) in [5.41, 5.74) is 0. The predicted molar refractivity (Wildman–Crippen MR) is 54.3 cm³/mol. The quantitative estimate of drug-likeness (QED) is 0.760. The van der Waals surface area contributed by atoms with E-state index in [0.717, 1.165) is 0 Å². The maximum Gasteiger partial charge on any atom is 0.471 e. The maximum absolute atomic E-state index is 11.9. The van der Waals surface area contributed by atoms with Crippen molar-refractivity contribution in [1.29, 1.82) is 0 Å². The van der Waals surface area contributed by atoms with Crippen LogP contribution in [0.5, 0.6) is 0 Å². The minimum Gasteiger partial charge on any atom is -0.481 e. The van der Waals surface area contributed by atoms with Gasteiger partial charge in [0.2, 0.25) is 0 Å². The average molecular weight is 255 g/mol. The van der Waals surface area contributed by atoms with E-state index in [1.807, 2.05) is 13.8 Å². The zero-order valence-electron chi connectivity index (χ0n) is 9.67. The normalized spacial score (nSPS) is 13.5. The number of amides is 1. The van der Waals surface area contributed by atoms with Gasteiger partial charge in [-0.2, -0.15) is 13.2 Å². The molecule has 4 nitrogen and oxygen atoms in total. The maximum atomic E-state index is 11.9. The summed E-state index contributed by atoms with van der Waals surface area (Å²) in [6.07, 6.45) is -4.73. The van der Waals surface area contributed by atoms with Crippen molar-refractivity contribution in [1.82, 2.24) is 5.32 Å². The number of hydrogen-bond donors (Lipinski definition) is 2. The summed E-state index contributed by atoms with van der Waals surface area (Å²) in [6.45, 7) is 3.39. The monoisotopic (exact) mass is 255 g/mol. The molecule has 7 heteroatoms. The van der Waals surface area contributed by atoms with E-state index in [-0.39, 0.29) is 18.9 Å². The van der Waals surface area contributed by atoms with Gasteiger partial charge in [0.15, 0.2) is 0 Å². The van der Waals surface area contributed by atoms with Crippen LogP contribution in [0.3, 0.4) is 0 Å². The zero-order chi connectivity index (χ0) is 13.6. The van der Waals surface area contributed by atoms with E-state index >= 15 is 0 Å². The van der Waals surface area contributed by atoms with Crippen molar-refractivity contribution in [3.05, 3.63) is 0 Å². The van der Waals surface area contributed by atoms with E-state index in [2.05, 4.69) is 0 Å². The molecular weight excluding hydrogens is 239 g/mol. The van der Waals surface area contributed by atoms with Gasteiger partial charge < -0.3 is 10.4 Å². The van der Waals surface area contributed by atoms with Crippen LogP contribution < -0.4 is 5.32 Å². The van der Waals surface area contributed by atoms with Gasteiger partial charge in [-0.1, -0.05) is 13.8 Å². The third-order valence-electron chi connectivity index (χ3n) is 2.08. The molecule has 0 saturated carbocycles. The van der Waals surface area contributed by atoms with Gasteiger partial charge in [0, 0.05) is 13.0 Å². The summed E-state index contributed by atoms with van der Waals surface area (Å²) in [5.74, 6) is -3.45. The smallest absolute Gasteiger partial charge is 0.471 e. The highest BCUT2D eigenvalue weighted by Gasteiger charge is 2.38. The highest BCUT2D eigenvalue weighted by molar-refractivity contribution is 5.81. The topological polar surface area (TPSA) is 66.4 Å². The van der Waals surface area contributed by atoms with Crippen LogP contribution >= 0.6 is 0 Å². The number of carboxylic acids is 1. The molecule has 0 saturated heterocycles. The number of rotatable bonds is 6. The molecule has 0 radical (unpaired) electrons. The van der Waals surface area contributed by atoms with Crippen molar-refractivity contribution in [2.24, 2.45) is 11.8 Å². The molecule has 0 rings (SSSR count). The lowest BCUT2D eigenvalue weighted by Crippen LogP contribution is -2.40. The van der Waals surface area contributed by atoms with E-state index in [1.54, 1.807) is 5.32 Å². The van der Waals surface area contributed by atoms with Crippen LogP contribution in [0.4, 0.5) is 13.2 Å². The zero-order valence-corrected chi connectivity index (χ0v) is 9.67. The van der Waals surface area contributed by atoms with Crippen molar-refractivity contribution in [3.63, 3.8) is 0 Å². The molecule has 17 heavy (non-hydrogen) atoms. The third kappa shape index (κ3) is 7.59. The fraction of sp³-hybridized carbons (Fsp3) is 0.800. The highest BCUT2D eigenvalue weighted by Crippen LogP contribution is 2.17. The molecule has 100 valence electrons. The Labute approximate surface area is 97.2 Å². The Balaban J connectivity index is 4.25. The first-order valence-electron chi connectivity index (χ1n) is 5.19. The van der Waals surface area contributed by atoms with Crippen molar-refractivity contribution >= 4 is 11.9 Å². The fourth-order valence-corrected chi connectivity index (χ4v) is 1.49. The lowest BCUT2D eigenvalue weighted by atomic mass is 9.94. The Morgan fingerprint density at radius 3 is 2.18 bits per heavy atom. The first-order chi connectivity index (χ1) is 7.62. The molecule has 0 bridgehead atoms. The highest BCUT2D eigenvalue weighted by atomic mass is 19.4. The number of nitrogens with one attached hydrogen (secondary N) is 1. The first-order valence-corrected chi connectivity index (χ1v) is 5.19. The molecule has 0 aromatic rings. The number of alkyl halides is 3. The standard InChI is InChI=1S/C10H16F3NO3/c1-6(2)3-7(4-8(15)16)5-14-9(17)10(11,12)13/h6-7H,3-5H2,1-2H3,(H,14,17)(H,15,16)/t7-/m0/s1. The molecule has 0 aliphatic heterocycles. The summed E-state index contributed by atoms with van der Waals surface area (Å²) < 4.78 is 35.7. The fourth-order valence-electron chi connectivity index (χ4n) is 1.49. The number of carbonyl (C=O) groups excluding carboxylic acids is 1. The van der Waals surface area contributed by atoms with Gasteiger partial charge in [0.25, 0.3) is 0 Å². The molecule has 1 amide bonds. The molecule has 0 heterocycles. The molecule has 0 aromatic heterocycles. The molecular formula is C10H16F3NO3. The number of carbonyl (C=O) groups is 2. The Hall–Kier alpha value is -1.27. The molecule has 0 aromatic carbocycles. The summed E-state index contributed by atoms with van der Waals surface area (Å²) in [4.78, 5) is 21.1. The molecule has 0 aliphatic carbocycles. The van der Waals surface area contributed by atoms with Gasteiger partial charge in [-0.3, -0.25) is 9.59 Å². The van der Waals surface area contributed by atoms with E-state index in [0.29, 0.717) is 6.42 Å². The lowest BCUT2D eigenvalue weighted by Gasteiger charge is -2.18. The van der Waals surface area contributed by atoms with Crippen LogP contribution in [-0.2, 0) is 9.59 Å². The number of halogens is 3. The van der Waals surface area contributed by atoms with Crippen LogP contribution in [0, 0.1) is 11.8 Å². The van der Waals surface area contributed by atoms with E-state index < -0.39 is 24.0 Å². The minimum atomic E-state index is -4.92. The van der Waals surface area contributed by atoms with Crippen molar-refractivity contribution < 1.29 is 27.9 Å². The Bertz CT molecular complexity index is 276. The molecule has 0 unspecified atom stereocenters. The first kappa shape index (κ1) is 15.7. The van der Waals surface area contributed by atoms with Gasteiger partial charge in [-0.25, -0.2) is 0 Å². The Kier molecular flexibility index (Phi) is 5.98. The number of hydrogen-bond acceptors (Lipinski definition) is 2. The van der Waals surface area contributed by atoms with Gasteiger partial charge in [0.1, 0.15) is 0 Å². The van der Waals surface area contributed by atoms with Crippen LogP contribution in [0.25, 0.3) is 0 Å². The van der Waals surface area contributed by atoms with E-state index in [1.165, 1.54) is 0 Å². The Morgan fingerprint density at radius 2 is 1.82 bits per heavy atom.